The van der Waals surface area contributed by atoms with Gasteiger partial charge in [-0.05, 0) is 63.8 Å². The minimum Gasteiger partial charge on any atom is -0.456 e. The summed E-state index contributed by atoms with van der Waals surface area (Å²) in [6, 6.07) is 3.76. The van der Waals surface area contributed by atoms with Gasteiger partial charge in [0.15, 0.2) is 0 Å². The van der Waals surface area contributed by atoms with Crippen molar-refractivity contribution in [1.29, 1.82) is 0 Å². The second-order valence-corrected chi connectivity index (χ2v) is 13.7. The van der Waals surface area contributed by atoms with Crippen LogP contribution in [0.25, 0.3) is 0 Å². The Balaban J connectivity index is 1.77. The molecule has 2 rings (SSSR count). The summed E-state index contributed by atoms with van der Waals surface area (Å²) in [5.74, 6) is -3.15. The molecule has 0 saturated carbocycles. The largest absolute Gasteiger partial charge is 0.456 e. The number of benzene rings is 1. The summed E-state index contributed by atoms with van der Waals surface area (Å²) in [5.41, 5.74) is 5.19. The molecule has 0 fully saturated rings. The number of hydrogen-bond acceptors (Lipinski definition) is 11. The predicted octanol–water partition coefficient (Wildman–Crippen LogP) is 0.0821. The van der Waals surface area contributed by atoms with Crippen molar-refractivity contribution in [2.24, 2.45) is 11.7 Å². The number of primary amides is 1. The highest BCUT2D eigenvalue weighted by Gasteiger charge is 2.28. The summed E-state index contributed by atoms with van der Waals surface area (Å²) < 4.78 is 10.8. The van der Waals surface area contributed by atoms with Crippen LogP contribution in [0.2, 0.25) is 0 Å². The van der Waals surface area contributed by atoms with Gasteiger partial charge in [-0.25, -0.2) is 9.59 Å². The first-order valence-corrected chi connectivity index (χ1v) is 17.8. The van der Waals surface area contributed by atoms with E-state index in [1.165, 1.54) is 12.1 Å². The highest BCUT2D eigenvalue weighted by atomic mass is 16.6. The van der Waals surface area contributed by atoms with Gasteiger partial charge in [-0.15, -0.1) is 0 Å². The monoisotopic (exact) mass is 758 g/mol. The molecule has 1 aliphatic heterocycles. The fourth-order valence-corrected chi connectivity index (χ4v) is 4.94. The average molecular weight is 759 g/mol. The number of carbonyl (C=O) groups excluding carboxylic acids is 8. The zero-order valence-corrected chi connectivity index (χ0v) is 31.6. The Morgan fingerprint density at radius 3 is 2.04 bits per heavy atom. The summed E-state index contributed by atoms with van der Waals surface area (Å²) >= 11 is 0. The van der Waals surface area contributed by atoms with Crippen LogP contribution in [0.1, 0.15) is 70.7 Å². The number of urea groups is 1. The minimum absolute atomic E-state index is 0.0133. The maximum absolute atomic E-state index is 13.4. The molecular weight excluding hydrogens is 704 g/mol. The maximum atomic E-state index is 13.4. The summed E-state index contributed by atoms with van der Waals surface area (Å²) in [5, 5.41) is 16.5. The smallest absolute Gasteiger partial charge is 0.338 e. The van der Waals surface area contributed by atoms with Crippen LogP contribution in [0.3, 0.4) is 0 Å². The van der Waals surface area contributed by atoms with E-state index in [0.29, 0.717) is 17.7 Å². The van der Waals surface area contributed by atoms with Crippen LogP contribution in [-0.2, 0) is 38.2 Å². The molecule has 0 spiro atoms. The van der Waals surface area contributed by atoms with Crippen molar-refractivity contribution < 1.29 is 47.8 Å². The number of carbonyl (C=O) groups is 8. The van der Waals surface area contributed by atoms with Crippen molar-refractivity contribution in [1.82, 2.24) is 31.5 Å². The number of nitrogens with one attached hydrogen (secondary N) is 6. The van der Waals surface area contributed by atoms with Crippen LogP contribution in [-0.4, -0.2) is 116 Å². The van der Waals surface area contributed by atoms with Crippen molar-refractivity contribution in [3.63, 3.8) is 0 Å². The van der Waals surface area contributed by atoms with E-state index in [2.05, 4.69) is 31.9 Å². The normalized spacial score (nSPS) is 13.6. The molecule has 1 heterocycles. The Morgan fingerprint density at radius 1 is 0.796 bits per heavy atom. The number of ether oxygens (including phenoxy) is 2. The van der Waals surface area contributed by atoms with Gasteiger partial charge in [0.2, 0.25) is 23.6 Å². The third kappa shape index (κ3) is 17.4. The molecule has 298 valence electrons. The number of hydrogen-bond donors (Lipinski definition) is 7. The van der Waals surface area contributed by atoms with Gasteiger partial charge in [-0.3, -0.25) is 33.7 Å². The van der Waals surface area contributed by atoms with Gasteiger partial charge in [-0.1, -0.05) is 13.8 Å². The molecule has 8 amide bonds. The number of anilines is 1. The topological polar surface area (TPSA) is 256 Å². The van der Waals surface area contributed by atoms with E-state index in [1.54, 1.807) is 32.9 Å². The van der Waals surface area contributed by atoms with Crippen LogP contribution < -0.4 is 37.6 Å². The number of nitrogens with two attached hydrogens (primary N) is 1. The lowest BCUT2D eigenvalue weighted by Crippen LogP contribution is -2.54. The van der Waals surface area contributed by atoms with Gasteiger partial charge in [0, 0.05) is 63.4 Å². The number of rotatable bonds is 23. The highest BCUT2D eigenvalue weighted by Crippen LogP contribution is 2.16. The summed E-state index contributed by atoms with van der Waals surface area (Å²) in [6.45, 7) is 10.1. The Kier molecular flexibility index (Phi) is 18.8. The highest BCUT2D eigenvalue weighted by molar-refractivity contribution is 6.13. The summed E-state index contributed by atoms with van der Waals surface area (Å²) in [7, 11) is 0. The molecule has 0 radical (unpaired) electrons. The Bertz CT molecular complexity index is 1490. The minimum atomic E-state index is -0.974. The zero-order chi connectivity index (χ0) is 40.3. The summed E-state index contributed by atoms with van der Waals surface area (Å²) in [6.07, 6.45) is 2.87. The standard InChI is InChI=1S/C36H54N8O10/c1-23(2)31(40-18-17-38-28(46)15-21-53-22-19-39-27(45)14-20-44-29(47)12-13-30(44)48)33(50)43-26(7-6-16-41-35(37)52)32(49)42-25-10-8-24(9-11-25)34(51)54-36(3,4)5/h8-13,23,26,31,40H,6-7,14-22H2,1-5H3,(H,38,46)(H,39,45)(H,42,49)(H,43,50)(H3,37,41,52)/t26-,31-/m0/s1. The van der Waals surface area contributed by atoms with E-state index < -0.39 is 53.3 Å². The SMILES string of the molecule is CC(C)[C@H](NCCNC(=O)CCOCCNC(=O)CCN1C(=O)C=CC1=O)C(=O)N[C@@H](CCCNC(N)=O)C(=O)Nc1ccc(C(=O)OC(C)(C)C)cc1. The number of imide groups is 1. The van der Waals surface area contributed by atoms with Crippen molar-refractivity contribution in [2.75, 3.05) is 51.3 Å². The van der Waals surface area contributed by atoms with Gasteiger partial charge in [-0.2, -0.15) is 0 Å². The van der Waals surface area contributed by atoms with Crippen molar-refractivity contribution >= 4 is 53.1 Å². The molecule has 0 aliphatic carbocycles. The number of amides is 8. The molecule has 0 aromatic heterocycles. The van der Waals surface area contributed by atoms with Gasteiger partial charge < -0.3 is 47.1 Å². The fourth-order valence-electron chi connectivity index (χ4n) is 4.94. The Hall–Kier alpha value is -5.36. The quantitative estimate of drug-likeness (QED) is 0.0447. The van der Waals surface area contributed by atoms with E-state index in [4.69, 9.17) is 15.2 Å². The van der Waals surface area contributed by atoms with E-state index in [-0.39, 0.29) is 82.9 Å². The van der Waals surface area contributed by atoms with Crippen LogP contribution >= 0.6 is 0 Å². The fraction of sp³-hybridized carbons (Fsp3) is 0.556. The number of esters is 1. The van der Waals surface area contributed by atoms with Crippen LogP contribution in [0.15, 0.2) is 36.4 Å². The lowest BCUT2D eigenvalue weighted by molar-refractivity contribution is -0.137. The second-order valence-electron chi connectivity index (χ2n) is 13.7. The lowest BCUT2D eigenvalue weighted by Gasteiger charge is -2.25. The molecule has 18 heteroatoms. The predicted molar refractivity (Wildman–Crippen MR) is 198 cm³/mol. The van der Waals surface area contributed by atoms with Crippen molar-refractivity contribution in [2.45, 2.75) is 78.0 Å². The van der Waals surface area contributed by atoms with E-state index in [0.717, 1.165) is 17.1 Å². The molecule has 8 N–H and O–H groups in total. The van der Waals surface area contributed by atoms with E-state index in [9.17, 15) is 38.4 Å². The molecule has 18 nitrogen and oxygen atoms in total. The van der Waals surface area contributed by atoms with E-state index >= 15 is 0 Å². The Labute approximate surface area is 315 Å². The molecule has 0 bridgehead atoms. The zero-order valence-electron chi connectivity index (χ0n) is 31.6. The maximum Gasteiger partial charge on any atom is 0.338 e. The van der Waals surface area contributed by atoms with Crippen molar-refractivity contribution in [3.8, 4) is 0 Å². The third-order valence-electron chi connectivity index (χ3n) is 7.65. The molecule has 2 atom stereocenters. The van der Waals surface area contributed by atoms with Gasteiger partial charge in [0.1, 0.15) is 11.6 Å². The molecule has 0 saturated heterocycles. The molecule has 0 unspecified atom stereocenters. The van der Waals surface area contributed by atoms with Crippen LogP contribution in [0.5, 0.6) is 0 Å². The second kappa shape index (κ2) is 22.7. The molecule has 1 aromatic rings. The number of nitrogens with zero attached hydrogens (tertiary/aromatic N) is 1. The first-order chi connectivity index (χ1) is 25.5. The molecule has 1 aliphatic rings. The molecule has 1 aromatic carbocycles. The van der Waals surface area contributed by atoms with Gasteiger partial charge >= 0.3 is 12.0 Å². The van der Waals surface area contributed by atoms with Crippen LogP contribution in [0.4, 0.5) is 10.5 Å². The first kappa shape index (κ1) is 44.8. The van der Waals surface area contributed by atoms with Gasteiger partial charge in [0.05, 0.1) is 24.8 Å². The van der Waals surface area contributed by atoms with Crippen molar-refractivity contribution in [3.05, 3.63) is 42.0 Å². The van der Waals surface area contributed by atoms with E-state index in [1.807, 2.05) is 13.8 Å². The molecular formula is C36H54N8O10. The third-order valence-corrected chi connectivity index (χ3v) is 7.65. The van der Waals surface area contributed by atoms with Crippen LogP contribution in [0, 0.1) is 5.92 Å². The lowest BCUT2D eigenvalue weighted by atomic mass is 10.0. The van der Waals surface area contributed by atoms with Gasteiger partial charge in [0.25, 0.3) is 11.8 Å². The Morgan fingerprint density at radius 2 is 1.43 bits per heavy atom. The first-order valence-electron chi connectivity index (χ1n) is 17.8. The average Bonchev–Trinajstić information content (AvgIpc) is 3.41. The molecule has 54 heavy (non-hydrogen) atoms. The summed E-state index contributed by atoms with van der Waals surface area (Å²) in [4.78, 5) is 98.4.